The molecule has 0 aliphatic carbocycles. The number of halogens is 1. The van der Waals surface area contributed by atoms with E-state index in [9.17, 15) is 4.79 Å². The Morgan fingerprint density at radius 2 is 2.07 bits per heavy atom. The Morgan fingerprint density at radius 3 is 2.86 bits per heavy atom. The Hall–Kier alpha value is -2.25. The molecule has 0 saturated heterocycles. The topological polar surface area (TPSA) is 66.5 Å². The second kappa shape index (κ2) is 10.3. The van der Waals surface area contributed by atoms with Gasteiger partial charge < -0.3 is 15.1 Å². The number of thioether (sulfide) groups is 1. The molecule has 2 N–H and O–H groups in total. The van der Waals surface area contributed by atoms with Gasteiger partial charge in [-0.1, -0.05) is 51.4 Å². The average molecular weight is 460 g/mol. The lowest BCUT2D eigenvalue weighted by atomic mass is 10.1. The van der Waals surface area contributed by atoms with E-state index in [-0.39, 0.29) is 5.91 Å². The normalized spacial score (nSPS) is 11.6. The zero-order chi connectivity index (χ0) is 19.8. The standard InChI is InChI=1S/C21H22BrN3O2S/c1-28-10-9-23-21(26)20(25-27-14-15-5-3-2-4-6-15)11-16-13-24-19-8-7-17(22)12-18(16)19/h2-8,12-13,24H,9-11,14H2,1H3,(H,23,26). The molecule has 0 atom stereocenters. The van der Waals surface area contributed by atoms with Gasteiger partial charge >= 0.3 is 0 Å². The van der Waals surface area contributed by atoms with E-state index in [4.69, 9.17) is 4.84 Å². The number of oxime groups is 1. The predicted molar refractivity (Wildman–Crippen MR) is 120 cm³/mol. The van der Waals surface area contributed by atoms with Gasteiger partial charge in [-0.25, -0.2) is 0 Å². The number of H-pyrrole nitrogens is 1. The first kappa shape index (κ1) is 20.5. The lowest BCUT2D eigenvalue weighted by Crippen LogP contribution is -2.34. The van der Waals surface area contributed by atoms with Crippen molar-refractivity contribution in [3.05, 3.63) is 70.3 Å². The SMILES string of the molecule is CSCCNC(=O)C(Cc1c[nH]c2ccc(Br)cc12)=NOCc1ccccc1. The van der Waals surface area contributed by atoms with Crippen molar-refractivity contribution in [2.24, 2.45) is 5.16 Å². The van der Waals surface area contributed by atoms with Crippen LogP contribution in [0.15, 0.2) is 64.4 Å². The second-order valence-electron chi connectivity index (χ2n) is 6.23. The molecule has 28 heavy (non-hydrogen) atoms. The van der Waals surface area contributed by atoms with E-state index in [2.05, 4.69) is 31.4 Å². The van der Waals surface area contributed by atoms with E-state index >= 15 is 0 Å². The third kappa shape index (κ3) is 5.62. The Bertz CT molecular complexity index is 957. The third-order valence-electron chi connectivity index (χ3n) is 4.19. The maximum atomic E-state index is 12.6. The molecule has 1 heterocycles. The van der Waals surface area contributed by atoms with Gasteiger partial charge in [-0.05, 0) is 35.6 Å². The minimum atomic E-state index is -0.202. The minimum absolute atomic E-state index is 0.202. The van der Waals surface area contributed by atoms with Gasteiger partial charge in [0.2, 0.25) is 0 Å². The monoisotopic (exact) mass is 459 g/mol. The van der Waals surface area contributed by atoms with Crippen molar-refractivity contribution in [2.75, 3.05) is 18.6 Å². The highest BCUT2D eigenvalue weighted by atomic mass is 79.9. The number of carbonyl (C=O) groups is 1. The van der Waals surface area contributed by atoms with Crippen LogP contribution in [0.1, 0.15) is 11.1 Å². The highest BCUT2D eigenvalue weighted by Crippen LogP contribution is 2.23. The van der Waals surface area contributed by atoms with Gasteiger partial charge in [0.25, 0.3) is 5.91 Å². The first-order valence-corrected chi connectivity index (χ1v) is 11.1. The van der Waals surface area contributed by atoms with Crippen LogP contribution in [-0.2, 0) is 22.7 Å². The van der Waals surface area contributed by atoms with E-state index in [1.807, 2.05) is 61.0 Å². The number of carbonyl (C=O) groups excluding carboxylic acids is 1. The Balaban J connectivity index is 1.77. The lowest BCUT2D eigenvalue weighted by Gasteiger charge is -2.08. The molecule has 1 aromatic heterocycles. The van der Waals surface area contributed by atoms with E-state index in [1.54, 1.807) is 11.8 Å². The van der Waals surface area contributed by atoms with Crippen molar-refractivity contribution < 1.29 is 9.63 Å². The van der Waals surface area contributed by atoms with Crippen LogP contribution in [-0.4, -0.2) is 35.2 Å². The summed E-state index contributed by atoms with van der Waals surface area (Å²) in [5, 5.41) is 8.15. The van der Waals surface area contributed by atoms with Gasteiger partial charge in [0, 0.05) is 40.3 Å². The van der Waals surface area contributed by atoms with Crippen molar-refractivity contribution >= 4 is 50.2 Å². The van der Waals surface area contributed by atoms with Crippen LogP contribution in [0.25, 0.3) is 10.9 Å². The molecule has 0 saturated carbocycles. The van der Waals surface area contributed by atoms with Crippen molar-refractivity contribution in [3.8, 4) is 0 Å². The molecule has 0 aliphatic rings. The molecular formula is C21H22BrN3O2S. The smallest absolute Gasteiger partial charge is 0.269 e. The third-order valence-corrected chi connectivity index (χ3v) is 5.30. The fourth-order valence-corrected chi connectivity index (χ4v) is 3.43. The Morgan fingerprint density at radius 1 is 1.25 bits per heavy atom. The molecule has 5 nitrogen and oxygen atoms in total. The van der Waals surface area contributed by atoms with Crippen molar-refractivity contribution in [1.29, 1.82) is 0 Å². The van der Waals surface area contributed by atoms with Crippen LogP contribution in [0.3, 0.4) is 0 Å². The maximum absolute atomic E-state index is 12.6. The largest absolute Gasteiger partial charge is 0.391 e. The van der Waals surface area contributed by atoms with Crippen LogP contribution in [0, 0.1) is 0 Å². The summed E-state index contributed by atoms with van der Waals surface area (Å²) in [6, 6.07) is 15.8. The highest BCUT2D eigenvalue weighted by molar-refractivity contribution is 9.10. The van der Waals surface area contributed by atoms with Crippen LogP contribution in [0.2, 0.25) is 0 Å². The van der Waals surface area contributed by atoms with E-state index < -0.39 is 0 Å². The van der Waals surface area contributed by atoms with Gasteiger partial charge in [-0.3, -0.25) is 4.79 Å². The minimum Gasteiger partial charge on any atom is -0.391 e. The summed E-state index contributed by atoms with van der Waals surface area (Å²) in [5.74, 6) is 0.649. The van der Waals surface area contributed by atoms with Gasteiger partial charge in [-0.2, -0.15) is 11.8 Å². The summed E-state index contributed by atoms with van der Waals surface area (Å²) in [5.41, 5.74) is 3.38. The van der Waals surface area contributed by atoms with Crippen molar-refractivity contribution in [2.45, 2.75) is 13.0 Å². The molecule has 146 valence electrons. The number of rotatable bonds is 9. The summed E-state index contributed by atoms with van der Waals surface area (Å²) in [7, 11) is 0. The van der Waals surface area contributed by atoms with Gasteiger partial charge in [0.05, 0.1) is 0 Å². The molecule has 1 amide bonds. The molecular weight excluding hydrogens is 438 g/mol. The number of hydrogen-bond acceptors (Lipinski definition) is 4. The molecule has 0 fully saturated rings. The highest BCUT2D eigenvalue weighted by Gasteiger charge is 2.16. The van der Waals surface area contributed by atoms with Crippen LogP contribution in [0.4, 0.5) is 0 Å². The summed E-state index contributed by atoms with van der Waals surface area (Å²) in [6.45, 7) is 0.916. The second-order valence-corrected chi connectivity index (χ2v) is 8.13. The number of fused-ring (bicyclic) bond motifs is 1. The van der Waals surface area contributed by atoms with E-state index in [0.29, 0.717) is 25.3 Å². The summed E-state index contributed by atoms with van der Waals surface area (Å²) < 4.78 is 0.990. The molecule has 0 bridgehead atoms. The number of nitrogens with one attached hydrogen (secondary N) is 2. The zero-order valence-electron chi connectivity index (χ0n) is 15.6. The number of hydrogen-bond donors (Lipinski definition) is 2. The first-order valence-electron chi connectivity index (χ1n) is 8.93. The van der Waals surface area contributed by atoms with Gasteiger partial charge in [0.1, 0.15) is 12.3 Å². The summed E-state index contributed by atoms with van der Waals surface area (Å²) >= 11 is 5.19. The number of nitrogens with zero attached hydrogens (tertiary/aromatic N) is 1. The van der Waals surface area contributed by atoms with Crippen molar-refractivity contribution in [3.63, 3.8) is 0 Å². The van der Waals surface area contributed by atoms with Crippen LogP contribution in [0.5, 0.6) is 0 Å². The molecule has 0 aliphatic heterocycles. The zero-order valence-corrected chi connectivity index (χ0v) is 18.0. The molecule has 0 spiro atoms. The Kier molecular flexibility index (Phi) is 7.56. The van der Waals surface area contributed by atoms with Crippen molar-refractivity contribution in [1.82, 2.24) is 10.3 Å². The fraction of sp³-hybridized carbons (Fsp3) is 0.238. The number of aromatic nitrogens is 1. The predicted octanol–water partition coefficient (Wildman–Crippen LogP) is 4.52. The molecule has 3 rings (SSSR count). The van der Waals surface area contributed by atoms with Crippen LogP contribution >= 0.6 is 27.7 Å². The number of amides is 1. The number of aromatic amines is 1. The molecule has 2 aromatic carbocycles. The van der Waals surface area contributed by atoms with E-state index in [1.165, 1.54) is 0 Å². The molecule has 3 aromatic rings. The number of benzene rings is 2. The molecule has 0 radical (unpaired) electrons. The summed E-state index contributed by atoms with van der Waals surface area (Å²) in [6.07, 6.45) is 4.31. The Labute approximate surface area is 177 Å². The maximum Gasteiger partial charge on any atom is 0.269 e. The fourth-order valence-electron chi connectivity index (χ4n) is 2.76. The quantitative estimate of drug-likeness (QED) is 0.280. The molecule has 0 unspecified atom stereocenters. The van der Waals surface area contributed by atoms with E-state index in [0.717, 1.165) is 32.3 Å². The first-order chi connectivity index (χ1) is 13.7. The van der Waals surface area contributed by atoms with Gasteiger partial charge in [-0.15, -0.1) is 0 Å². The van der Waals surface area contributed by atoms with Crippen LogP contribution < -0.4 is 5.32 Å². The average Bonchev–Trinajstić information content (AvgIpc) is 3.10. The molecule has 7 heteroatoms. The summed E-state index contributed by atoms with van der Waals surface area (Å²) in [4.78, 5) is 21.4. The van der Waals surface area contributed by atoms with Gasteiger partial charge in [0.15, 0.2) is 0 Å². The lowest BCUT2D eigenvalue weighted by molar-refractivity contribution is -0.115.